The summed E-state index contributed by atoms with van der Waals surface area (Å²) in [5.41, 5.74) is -1.00. The molecule has 2 aromatic rings. The zero-order valence-electron chi connectivity index (χ0n) is 8.65. The average Bonchev–Trinajstić information content (AvgIpc) is 2.68. The number of nitrogens with zero attached hydrogens (tertiary/aromatic N) is 2. The molecular weight excluding hydrogens is 253 g/mol. The summed E-state index contributed by atoms with van der Waals surface area (Å²) >= 11 is 1.27. The molecule has 0 unspecified atom stereocenters. The summed E-state index contributed by atoms with van der Waals surface area (Å²) in [7, 11) is 0. The summed E-state index contributed by atoms with van der Waals surface area (Å²) in [4.78, 5) is 7.12. The van der Waals surface area contributed by atoms with E-state index in [9.17, 15) is 13.2 Å². The number of rotatable bonds is 2. The van der Waals surface area contributed by atoms with E-state index in [2.05, 4.69) is 9.97 Å². The molecule has 0 amide bonds. The Bertz CT molecular complexity index is 511. The predicted molar refractivity (Wildman–Crippen MR) is 56.2 cm³/mol. The van der Waals surface area contributed by atoms with Gasteiger partial charge in [0.2, 0.25) is 5.88 Å². The van der Waals surface area contributed by atoms with Crippen molar-refractivity contribution in [3.05, 3.63) is 35.1 Å². The largest absolute Gasteiger partial charge is 0.433 e. The van der Waals surface area contributed by atoms with Crippen molar-refractivity contribution < 1.29 is 17.9 Å². The topological polar surface area (TPSA) is 35.0 Å². The molecule has 7 heteroatoms. The first-order valence-corrected chi connectivity index (χ1v) is 5.47. The van der Waals surface area contributed by atoms with E-state index < -0.39 is 11.9 Å². The van der Waals surface area contributed by atoms with Crippen LogP contribution >= 0.6 is 11.3 Å². The van der Waals surface area contributed by atoms with Gasteiger partial charge in [0, 0.05) is 6.07 Å². The zero-order valence-corrected chi connectivity index (χ0v) is 9.47. The van der Waals surface area contributed by atoms with Gasteiger partial charge in [0.1, 0.15) is 5.82 Å². The Kier molecular flexibility index (Phi) is 3.01. The highest BCUT2D eigenvalue weighted by molar-refractivity contribution is 7.11. The predicted octanol–water partition coefficient (Wildman–Crippen LogP) is 3.66. The maximum atomic E-state index is 12.5. The van der Waals surface area contributed by atoms with Gasteiger partial charge in [0.05, 0.1) is 0 Å². The number of ether oxygens (including phenoxy) is 1. The van der Waals surface area contributed by atoms with Gasteiger partial charge < -0.3 is 4.74 Å². The standard InChI is InChI=1S/C10H7F3N2OS/c1-6-14-7(10(11,12)13)5-8(15-6)16-9-3-2-4-17-9/h2-5H,1H3. The maximum absolute atomic E-state index is 12.5. The van der Waals surface area contributed by atoms with Crippen LogP contribution in [0.5, 0.6) is 10.9 Å². The highest BCUT2D eigenvalue weighted by Gasteiger charge is 2.33. The molecule has 90 valence electrons. The first kappa shape index (κ1) is 11.8. The number of halogens is 3. The molecule has 0 N–H and O–H groups in total. The lowest BCUT2D eigenvalue weighted by Crippen LogP contribution is -2.10. The van der Waals surface area contributed by atoms with Crippen molar-refractivity contribution >= 4 is 11.3 Å². The minimum atomic E-state index is -4.50. The summed E-state index contributed by atoms with van der Waals surface area (Å²) in [6.45, 7) is 1.39. The minimum absolute atomic E-state index is 0.0198. The van der Waals surface area contributed by atoms with Gasteiger partial charge in [0.25, 0.3) is 0 Å². The SMILES string of the molecule is Cc1nc(Oc2cccs2)cc(C(F)(F)F)n1. The highest BCUT2D eigenvalue weighted by Crippen LogP contribution is 2.31. The van der Waals surface area contributed by atoms with Crippen molar-refractivity contribution in [3.8, 4) is 10.9 Å². The lowest BCUT2D eigenvalue weighted by molar-refractivity contribution is -0.141. The quantitative estimate of drug-likeness (QED) is 0.826. The highest BCUT2D eigenvalue weighted by atomic mass is 32.1. The molecule has 0 saturated heterocycles. The summed E-state index contributed by atoms with van der Waals surface area (Å²) < 4.78 is 42.7. The summed E-state index contributed by atoms with van der Waals surface area (Å²) in [6.07, 6.45) is -4.50. The van der Waals surface area contributed by atoms with Crippen LogP contribution in [0.15, 0.2) is 23.6 Å². The number of aryl methyl sites for hydroxylation is 1. The van der Waals surface area contributed by atoms with Crippen molar-refractivity contribution in [1.29, 1.82) is 0 Å². The third kappa shape index (κ3) is 2.94. The molecule has 2 aromatic heterocycles. The second kappa shape index (κ2) is 4.33. The molecule has 2 rings (SSSR count). The van der Waals surface area contributed by atoms with Gasteiger partial charge in [-0.05, 0) is 24.4 Å². The Hall–Kier alpha value is -1.63. The molecule has 0 fully saturated rings. The van der Waals surface area contributed by atoms with Crippen LogP contribution in [0, 0.1) is 6.92 Å². The second-order valence-electron chi connectivity index (χ2n) is 3.17. The van der Waals surface area contributed by atoms with E-state index in [-0.39, 0.29) is 11.7 Å². The fourth-order valence-corrected chi connectivity index (χ4v) is 1.74. The average molecular weight is 260 g/mol. The third-order valence-electron chi connectivity index (χ3n) is 1.81. The summed E-state index contributed by atoms with van der Waals surface area (Å²) in [5.74, 6) is -0.0846. The zero-order chi connectivity index (χ0) is 12.5. The molecule has 0 bridgehead atoms. The van der Waals surface area contributed by atoms with Gasteiger partial charge in [0.15, 0.2) is 10.8 Å². The summed E-state index contributed by atoms with van der Waals surface area (Å²) in [5, 5.41) is 2.24. The second-order valence-corrected chi connectivity index (χ2v) is 4.08. The van der Waals surface area contributed by atoms with E-state index in [0.717, 1.165) is 6.07 Å². The fraction of sp³-hybridized carbons (Fsp3) is 0.200. The molecule has 2 heterocycles. The van der Waals surface area contributed by atoms with Crippen LogP contribution in [0.2, 0.25) is 0 Å². The van der Waals surface area contributed by atoms with E-state index >= 15 is 0 Å². The smallest absolute Gasteiger partial charge is 0.428 e. The van der Waals surface area contributed by atoms with E-state index in [1.54, 1.807) is 17.5 Å². The third-order valence-corrected chi connectivity index (χ3v) is 2.55. The lowest BCUT2D eigenvalue weighted by atomic mass is 10.4. The van der Waals surface area contributed by atoms with Gasteiger partial charge in [-0.25, -0.2) is 4.98 Å². The van der Waals surface area contributed by atoms with Crippen LogP contribution in [0.3, 0.4) is 0 Å². The van der Waals surface area contributed by atoms with E-state index in [0.29, 0.717) is 5.06 Å². The first-order valence-electron chi connectivity index (χ1n) is 4.59. The van der Waals surface area contributed by atoms with Crippen LogP contribution in [-0.2, 0) is 6.18 Å². The van der Waals surface area contributed by atoms with Gasteiger partial charge in [-0.1, -0.05) is 0 Å². The maximum Gasteiger partial charge on any atom is 0.433 e. The minimum Gasteiger partial charge on any atom is -0.428 e. The molecule has 17 heavy (non-hydrogen) atoms. The van der Waals surface area contributed by atoms with Gasteiger partial charge in [-0.15, -0.1) is 11.3 Å². The van der Waals surface area contributed by atoms with Crippen LogP contribution in [0.1, 0.15) is 11.5 Å². The summed E-state index contributed by atoms with van der Waals surface area (Å²) in [6, 6.07) is 4.17. The van der Waals surface area contributed by atoms with E-state index in [4.69, 9.17) is 4.74 Å². The molecule has 0 aromatic carbocycles. The molecular formula is C10H7F3N2OS. The molecule has 0 aliphatic heterocycles. The Morgan fingerprint density at radius 3 is 2.65 bits per heavy atom. The molecule has 0 radical (unpaired) electrons. The van der Waals surface area contributed by atoms with Gasteiger partial charge in [-0.2, -0.15) is 18.2 Å². The Morgan fingerprint density at radius 2 is 2.06 bits per heavy atom. The van der Waals surface area contributed by atoms with Crippen molar-refractivity contribution in [2.45, 2.75) is 13.1 Å². The Balaban J connectivity index is 2.32. The monoisotopic (exact) mass is 260 g/mol. The van der Waals surface area contributed by atoms with Crippen molar-refractivity contribution in [2.24, 2.45) is 0 Å². The Morgan fingerprint density at radius 1 is 1.29 bits per heavy atom. The number of aromatic nitrogens is 2. The normalized spacial score (nSPS) is 11.5. The molecule has 0 saturated carbocycles. The fourth-order valence-electron chi connectivity index (χ4n) is 1.16. The van der Waals surface area contributed by atoms with Gasteiger partial charge >= 0.3 is 6.18 Å². The molecule has 0 aliphatic carbocycles. The number of alkyl halides is 3. The molecule has 3 nitrogen and oxygen atoms in total. The van der Waals surface area contributed by atoms with Crippen molar-refractivity contribution in [1.82, 2.24) is 9.97 Å². The van der Waals surface area contributed by atoms with Crippen molar-refractivity contribution in [2.75, 3.05) is 0 Å². The van der Waals surface area contributed by atoms with Crippen LogP contribution in [-0.4, -0.2) is 9.97 Å². The van der Waals surface area contributed by atoms with Crippen LogP contribution in [0.4, 0.5) is 13.2 Å². The van der Waals surface area contributed by atoms with Crippen LogP contribution < -0.4 is 4.74 Å². The lowest BCUT2D eigenvalue weighted by Gasteiger charge is -2.08. The van der Waals surface area contributed by atoms with E-state index in [1.165, 1.54) is 18.3 Å². The van der Waals surface area contributed by atoms with Crippen molar-refractivity contribution in [3.63, 3.8) is 0 Å². The van der Waals surface area contributed by atoms with Crippen LogP contribution in [0.25, 0.3) is 0 Å². The first-order chi connectivity index (χ1) is 7.95. The van der Waals surface area contributed by atoms with Gasteiger partial charge in [-0.3, -0.25) is 0 Å². The van der Waals surface area contributed by atoms with E-state index in [1.807, 2.05) is 0 Å². The number of hydrogen-bond acceptors (Lipinski definition) is 4. The molecule has 0 atom stereocenters. The molecule has 0 aliphatic rings. The number of hydrogen-bond donors (Lipinski definition) is 0. The Labute approximate surface area is 98.9 Å². The number of thiophene rings is 1. The molecule has 0 spiro atoms.